The van der Waals surface area contributed by atoms with E-state index in [2.05, 4.69) is 5.32 Å². The SMILES string of the molecule is CNCc1cc(-c2ccccc2F)n(S(=O)(=O)c2cccc(OCCC(=O)O)c2)c1.Cl. The van der Waals surface area contributed by atoms with Crippen molar-refractivity contribution in [3.05, 3.63) is 72.2 Å². The minimum absolute atomic E-state index is 0. The highest BCUT2D eigenvalue weighted by Crippen LogP contribution is 2.30. The summed E-state index contributed by atoms with van der Waals surface area (Å²) >= 11 is 0. The number of nitrogens with zero attached hydrogens (tertiary/aromatic N) is 1. The van der Waals surface area contributed by atoms with Gasteiger partial charge in [0.2, 0.25) is 0 Å². The first-order valence-electron chi connectivity index (χ1n) is 9.14. The molecular weight excluding hydrogens is 447 g/mol. The van der Waals surface area contributed by atoms with Gasteiger partial charge in [0, 0.05) is 24.4 Å². The van der Waals surface area contributed by atoms with Crippen molar-refractivity contribution in [2.24, 2.45) is 0 Å². The second-order valence-corrected chi connectivity index (χ2v) is 8.33. The van der Waals surface area contributed by atoms with E-state index in [-0.39, 0.29) is 47.3 Å². The van der Waals surface area contributed by atoms with Crippen molar-refractivity contribution in [3.63, 3.8) is 0 Å². The van der Waals surface area contributed by atoms with Gasteiger partial charge in [-0.25, -0.2) is 16.8 Å². The Balaban J connectivity index is 0.00000341. The van der Waals surface area contributed by atoms with Crippen LogP contribution in [0.15, 0.2) is 65.7 Å². The van der Waals surface area contributed by atoms with Gasteiger partial charge in [0.1, 0.15) is 11.6 Å². The van der Waals surface area contributed by atoms with Crippen LogP contribution in [-0.2, 0) is 21.4 Å². The lowest BCUT2D eigenvalue weighted by Crippen LogP contribution is -2.14. The first-order valence-corrected chi connectivity index (χ1v) is 10.6. The zero-order valence-electron chi connectivity index (χ0n) is 16.6. The van der Waals surface area contributed by atoms with Crippen LogP contribution in [0, 0.1) is 5.82 Å². The highest BCUT2D eigenvalue weighted by atomic mass is 35.5. The Kier molecular flexibility index (Phi) is 8.21. The Morgan fingerprint density at radius 3 is 2.58 bits per heavy atom. The van der Waals surface area contributed by atoms with E-state index in [4.69, 9.17) is 9.84 Å². The van der Waals surface area contributed by atoms with Crippen molar-refractivity contribution < 1.29 is 27.4 Å². The first-order chi connectivity index (χ1) is 14.3. The number of rotatable bonds is 9. The van der Waals surface area contributed by atoms with Crippen molar-refractivity contribution in [1.29, 1.82) is 0 Å². The van der Waals surface area contributed by atoms with E-state index >= 15 is 0 Å². The fourth-order valence-electron chi connectivity index (χ4n) is 2.96. The van der Waals surface area contributed by atoms with E-state index in [1.165, 1.54) is 42.6 Å². The van der Waals surface area contributed by atoms with Crippen LogP contribution < -0.4 is 10.1 Å². The van der Waals surface area contributed by atoms with E-state index in [9.17, 15) is 17.6 Å². The van der Waals surface area contributed by atoms with Crippen LogP contribution in [0.1, 0.15) is 12.0 Å². The van der Waals surface area contributed by atoms with Crippen LogP contribution in [-0.4, -0.2) is 37.1 Å². The topological polar surface area (TPSA) is 97.6 Å². The molecule has 0 aliphatic rings. The maximum absolute atomic E-state index is 14.4. The predicted molar refractivity (Wildman–Crippen MR) is 117 cm³/mol. The summed E-state index contributed by atoms with van der Waals surface area (Å²) in [5, 5.41) is 11.7. The average Bonchev–Trinajstić information content (AvgIpc) is 3.13. The minimum atomic E-state index is -4.07. The Morgan fingerprint density at radius 1 is 1.16 bits per heavy atom. The molecule has 0 radical (unpaired) electrons. The smallest absolute Gasteiger partial charge is 0.306 e. The molecule has 0 unspecified atom stereocenters. The molecule has 1 aromatic heterocycles. The zero-order valence-corrected chi connectivity index (χ0v) is 18.2. The normalized spacial score (nSPS) is 11.0. The van der Waals surface area contributed by atoms with E-state index < -0.39 is 21.8 Å². The molecule has 0 atom stereocenters. The van der Waals surface area contributed by atoms with Gasteiger partial charge in [-0.2, -0.15) is 0 Å². The molecule has 0 spiro atoms. The summed E-state index contributed by atoms with van der Waals surface area (Å²) in [6.45, 7) is 0.317. The number of hydrogen-bond donors (Lipinski definition) is 2. The number of aromatic nitrogens is 1. The lowest BCUT2D eigenvalue weighted by atomic mass is 10.1. The summed E-state index contributed by atoms with van der Waals surface area (Å²) in [5.41, 5.74) is 1.04. The molecular formula is C21H22ClFN2O5S. The highest BCUT2D eigenvalue weighted by Gasteiger charge is 2.23. The molecule has 31 heavy (non-hydrogen) atoms. The van der Waals surface area contributed by atoms with Crippen LogP contribution >= 0.6 is 12.4 Å². The van der Waals surface area contributed by atoms with Gasteiger partial charge in [-0.05, 0) is 42.9 Å². The van der Waals surface area contributed by atoms with Crippen LogP contribution in [0.5, 0.6) is 5.75 Å². The summed E-state index contributed by atoms with van der Waals surface area (Å²) in [4.78, 5) is 10.6. The summed E-state index contributed by atoms with van der Waals surface area (Å²) in [6, 6.07) is 13.4. The molecule has 0 fully saturated rings. The van der Waals surface area contributed by atoms with Crippen molar-refractivity contribution in [2.75, 3.05) is 13.7 Å². The average molecular weight is 469 g/mol. The van der Waals surface area contributed by atoms with Crippen LogP contribution in [0.25, 0.3) is 11.3 Å². The van der Waals surface area contributed by atoms with Crippen molar-refractivity contribution in [3.8, 4) is 17.0 Å². The zero-order chi connectivity index (χ0) is 21.7. The molecule has 0 bridgehead atoms. The molecule has 2 aromatic carbocycles. The maximum atomic E-state index is 14.4. The second kappa shape index (κ2) is 10.4. The number of benzene rings is 2. The van der Waals surface area contributed by atoms with Crippen LogP contribution in [0.3, 0.4) is 0 Å². The Bertz CT molecular complexity index is 1160. The molecule has 7 nitrogen and oxygen atoms in total. The van der Waals surface area contributed by atoms with Crippen molar-refractivity contribution >= 4 is 28.4 Å². The van der Waals surface area contributed by atoms with Crippen LogP contribution in [0.2, 0.25) is 0 Å². The third-order valence-electron chi connectivity index (χ3n) is 4.32. The number of halogens is 2. The number of hydrogen-bond acceptors (Lipinski definition) is 5. The number of carbonyl (C=O) groups is 1. The number of nitrogens with one attached hydrogen (secondary N) is 1. The lowest BCUT2D eigenvalue weighted by molar-refractivity contribution is -0.137. The minimum Gasteiger partial charge on any atom is -0.493 e. The standard InChI is InChI=1S/C21H21FN2O5S.ClH/c1-23-13-15-11-20(18-7-2-3-8-19(18)22)24(14-15)30(27,28)17-6-4-5-16(12-17)29-10-9-21(25)26;/h2-8,11-12,14,23H,9-10,13H2,1H3,(H,25,26);1H. The summed E-state index contributed by atoms with van der Waals surface area (Å²) in [6.07, 6.45) is 1.24. The third-order valence-corrected chi connectivity index (χ3v) is 5.99. The number of carboxylic acids is 1. The van der Waals surface area contributed by atoms with Gasteiger partial charge in [-0.1, -0.05) is 18.2 Å². The Labute approximate surface area is 185 Å². The van der Waals surface area contributed by atoms with Gasteiger partial charge in [-0.3, -0.25) is 4.79 Å². The third kappa shape index (κ3) is 5.63. The molecule has 0 amide bonds. The first kappa shape index (κ1) is 24.4. The molecule has 3 rings (SSSR count). The summed E-state index contributed by atoms with van der Waals surface area (Å²) in [5.74, 6) is -1.32. The second-order valence-electron chi connectivity index (χ2n) is 6.51. The molecule has 166 valence electrons. The number of aliphatic carboxylic acids is 1. The van der Waals surface area contributed by atoms with Gasteiger partial charge >= 0.3 is 5.97 Å². The molecule has 0 saturated heterocycles. The summed E-state index contributed by atoms with van der Waals surface area (Å²) in [7, 11) is -2.34. The number of carboxylic acid groups (broad SMARTS) is 1. The fraction of sp³-hybridized carbons (Fsp3) is 0.190. The quantitative estimate of drug-likeness (QED) is 0.498. The van der Waals surface area contributed by atoms with Crippen molar-refractivity contribution in [2.45, 2.75) is 17.9 Å². The molecule has 0 aliphatic heterocycles. The summed E-state index contributed by atoms with van der Waals surface area (Å²) < 4.78 is 47.5. The number of ether oxygens (including phenoxy) is 1. The molecule has 10 heteroatoms. The monoisotopic (exact) mass is 468 g/mol. The predicted octanol–water partition coefficient (Wildman–Crippen LogP) is 3.53. The van der Waals surface area contributed by atoms with Crippen LogP contribution in [0.4, 0.5) is 4.39 Å². The van der Waals surface area contributed by atoms with Gasteiger partial charge in [0.05, 0.1) is 23.6 Å². The fourth-order valence-corrected chi connectivity index (χ4v) is 4.38. The van der Waals surface area contributed by atoms with E-state index in [1.54, 1.807) is 25.2 Å². The Morgan fingerprint density at radius 2 is 1.90 bits per heavy atom. The van der Waals surface area contributed by atoms with E-state index in [0.29, 0.717) is 12.1 Å². The maximum Gasteiger partial charge on any atom is 0.306 e. The van der Waals surface area contributed by atoms with Gasteiger partial charge < -0.3 is 15.2 Å². The molecule has 1 heterocycles. The van der Waals surface area contributed by atoms with E-state index in [0.717, 1.165) is 3.97 Å². The molecule has 0 saturated carbocycles. The molecule has 2 N–H and O–H groups in total. The van der Waals surface area contributed by atoms with Gasteiger partial charge in [0.15, 0.2) is 0 Å². The highest BCUT2D eigenvalue weighted by molar-refractivity contribution is 7.90. The van der Waals surface area contributed by atoms with E-state index in [1.807, 2.05) is 0 Å². The largest absolute Gasteiger partial charge is 0.493 e. The Hall–Kier alpha value is -2.88. The van der Waals surface area contributed by atoms with Gasteiger partial charge in [-0.15, -0.1) is 12.4 Å². The lowest BCUT2D eigenvalue weighted by Gasteiger charge is -2.12. The van der Waals surface area contributed by atoms with Crippen molar-refractivity contribution in [1.82, 2.24) is 9.29 Å². The van der Waals surface area contributed by atoms with Gasteiger partial charge in [0.25, 0.3) is 10.0 Å². The molecule has 0 aliphatic carbocycles. The molecule has 3 aromatic rings.